The third kappa shape index (κ3) is 5.70. The van der Waals surface area contributed by atoms with E-state index in [1.807, 2.05) is 11.9 Å². The quantitative estimate of drug-likeness (QED) is 0.441. The number of hydrogen-bond acceptors (Lipinski definition) is 5. The van der Waals surface area contributed by atoms with Crippen molar-refractivity contribution in [3.8, 4) is 5.75 Å². The third-order valence-electron chi connectivity index (χ3n) is 3.94. The van der Waals surface area contributed by atoms with Crippen molar-refractivity contribution >= 4 is 11.9 Å². The van der Waals surface area contributed by atoms with Gasteiger partial charge in [0.25, 0.3) is 0 Å². The van der Waals surface area contributed by atoms with Gasteiger partial charge in [-0.25, -0.2) is 4.79 Å². The van der Waals surface area contributed by atoms with Crippen LogP contribution in [0.5, 0.6) is 5.75 Å². The van der Waals surface area contributed by atoms with Gasteiger partial charge in [-0.05, 0) is 30.7 Å². The maximum atomic E-state index is 12.2. The number of aryl methyl sites for hydroxylation is 1. The number of rotatable bonds is 7. The van der Waals surface area contributed by atoms with Gasteiger partial charge in [0.1, 0.15) is 22.8 Å². The maximum Gasteiger partial charge on any atom is 0.387 e. The first-order chi connectivity index (χ1) is 13.3. The minimum Gasteiger partial charge on any atom is -0.465 e. The summed E-state index contributed by atoms with van der Waals surface area (Å²) in [6.45, 7) is -0.325. The summed E-state index contributed by atoms with van der Waals surface area (Å²) >= 11 is 0. The van der Waals surface area contributed by atoms with E-state index in [0.717, 1.165) is 5.56 Å². The lowest BCUT2D eigenvalue weighted by Crippen LogP contribution is -2.37. The van der Waals surface area contributed by atoms with E-state index in [1.54, 1.807) is 32.2 Å². The Morgan fingerprint density at radius 2 is 2.00 bits per heavy atom. The number of halogens is 2. The molecule has 1 N–H and O–H groups in total. The molecule has 0 atom stereocenters. The minimum atomic E-state index is -2.85. The molecular formula is C19H23F2N3O4. The highest BCUT2D eigenvalue weighted by atomic mass is 19.3. The van der Waals surface area contributed by atoms with Gasteiger partial charge in [-0.1, -0.05) is 12.1 Å². The summed E-state index contributed by atoms with van der Waals surface area (Å²) in [7, 11) is 4.80. The molecule has 0 radical (unpaired) electrons. The average Bonchev–Trinajstić information content (AvgIpc) is 3.03. The van der Waals surface area contributed by atoms with Gasteiger partial charge in [-0.2, -0.15) is 8.78 Å². The van der Waals surface area contributed by atoms with Gasteiger partial charge < -0.3 is 24.1 Å². The molecule has 2 aromatic rings. The summed E-state index contributed by atoms with van der Waals surface area (Å²) in [5, 5.41) is 3.15. The second-order valence-corrected chi connectivity index (χ2v) is 5.95. The summed E-state index contributed by atoms with van der Waals surface area (Å²) in [5.41, 5.74) is 1.28. The van der Waals surface area contributed by atoms with E-state index >= 15 is 0 Å². The van der Waals surface area contributed by atoms with Crippen LogP contribution in [0, 0.1) is 6.92 Å². The Labute approximate surface area is 161 Å². The number of benzene rings is 1. The van der Waals surface area contributed by atoms with Crippen LogP contribution in [-0.2, 0) is 17.8 Å². The van der Waals surface area contributed by atoms with Crippen LogP contribution in [0.4, 0.5) is 8.78 Å². The number of ether oxygens (including phenoxy) is 2. The zero-order valence-corrected chi connectivity index (χ0v) is 16.2. The smallest absolute Gasteiger partial charge is 0.387 e. The second kappa shape index (κ2) is 9.72. The number of alkyl halides is 2. The molecule has 0 saturated carbocycles. The second-order valence-electron chi connectivity index (χ2n) is 5.95. The van der Waals surface area contributed by atoms with Crippen LogP contribution in [0.2, 0.25) is 0 Å². The molecular weight excluding hydrogens is 372 g/mol. The number of carbonyl (C=O) groups excluding carboxylic acids is 1. The predicted octanol–water partition coefficient (Wildman–Crippen LogP) is 3.18. The molecule has 1 aromatic heterocycles. The fourth-order valence-electron chi connectivity index (χ4n) is 2.62. The number of methoxy groups -OCH3 is 1. The van der Waals surface area contributed by atoms with Crippen molar-refractivity contribution in [3.05, 3.63) is 53.0 Å². The van der Waals surface area contributed by atoms with Crippen molar-refractivity contribution in [2.75, 3.05) is 21.2 Å². The maximum absolute atomic E-state index is 12.2. The minimum absolute atomic E-state index is 0.110. The van der Waals surface area contributed by atoms with Crippen molar-refractivity contribution < 1.29 is 27.5 Å². The molecule has 0 spiro atoms. The molecule has 28 heavy (non-hydrogen) atoms. The van der Waals surface area contributed by atoms with E-state index in [9.17, 15) is 13.6 Å². The number of aliphatic imine (C=N–C) groups is 1. The lowest BCUT2D eigenvalue weighted by Gasteiger charge is -2.22. The molecule has 2 rings (SSSR count). The Balaban J connectivity index is 1.95. The van der Waals surface area contributed by atoms with Crippen LogP contribution in [0.25, 0.3) is 0 Å². The molecule has 0 aliphatic heterocycles. The first-order valence-electron chi connectivity index (χ1n) is 8.47. The number of nitrogens with zero attached hydrogens (tertiary/aromatic N) is 2. The van der Waals surface area contributed by atoms with Crippen LogP contribution in [0.15, 0.2) is 39.7 Å². The third-order valence-corrected chi connectivity index (χ3v) is 3.94. The topological polar surface area (TPSA) is 76.3 Å². The Morgan fingerprint density at radius 3 is 2.57 bits per heavy atom. The zero-order chi connectivity index (χ0) is 20.7. The lowest BCUT2D eigenvalue weighted by molar-refractivity contribution is -0.0498. The molecule has 1 aromatic carbocycles. The van der Waals surface area contributed by atoms with Crippen molar-refractivity contribution in [1.29, 1.82) is 0 Å². The monoisotopic (exact) mass is 395 g/mol. The number of guanidine groups is 1. The molecule has 0 aliphatic carbocycles. The van der Waals surface area contributed by atoms with E-state index in [1.165, 1.54) is 19.2 Å². The highest BCUT2D eigenvalue weighted by molar-refractivity contribution is 5.90. The molecule has 0 bridgehead atoms. The number of furan rings is 1. The summed E-state index contributed by atoms with van der Waals surface area (Å²) in [6, 6.07) is 8.03. The predicted molar refractivity (Wildman–Crippen MR) is 99.5 cm³/mol. The van der Waals surface area contributed by atoms with Crippen molar-refractivity contribution in [2.45, 2.75) is 26.6 Å². The summed E-state index contributed by atoms with van der Waals surface area (Å²) in [4.78, 5) is 17.7. The Morgan fingerprint density at radius 1 is 1.32 bits per heavy atom. The molecule has 9 heteroatoms. The average molecular weight is 395 g/mol. The first-order valence-corrected chi connectivity index (χ1v) is 8.47. The van der Waals surface area contributed by atoms with E-state index in [2.05, 4.69) is 15.0 Å². The largest absolute Gasteiger partial charge is 0.465 e. The van der Waals surface area contributed by atoms with E-state index < -0.39 is 12.6 Å². The normalized spacial score (nSPS) is 11.5. The SMILES string of the molecule is CN=C(NCc1cc(C(=O)OC)c(C)o1)N(C)Cc1ccc(OC(F)F)cc1. The number of esters is 1. The number of nitrogens with one attached hydrogen (secondary N) is 1. The van der Waals surface area contributed by atoms with Gasteiger partial charge in [0.15, 0.2) is 5.96 Å². The highest BCUT2D eigenvalue weighted by Gasteiger charge is 2.16. The van der Waals surface area contributed by atoms with Gasteiger partial charge in [-0.3, -0.25) is 4.99 Å². The Hall–Kier alpha value is -3.10. The van der Waals surface area contributed by atoms with Gasteiger partial charge in [-0.15, -0.1) is 0 Å². The highest BCUT2D eigenvalue weighted by Crippen LogP contribution is 2.17. The van der Waals surface area contributed by atoms with Crippen molar-refractivity contribution in [1.82, 2.24) is 10.2 Å². The molecule has 0 fully saturated rings. The van der Waals surface area contributed by atoms with Crippen LogP contribution >= 0.6 is 0 Å². The van der Waals surface area contributed by atoms with Gasteiger partial charge in [0, 0.05) is 20.6 Å². The summed E-state index contributed by atoms with van der Waals surface area (Å²) < 4.78 is 39.0. The number of hydrogen-bond donors (Lipinski definition) is 1. The van der Waals surface area contributed by atoms with E-state index in [4.69, 9.17) is 9.15 Å². The van der Waals surface area contributed by atoms with Gasteiger partial charge in [0.2, 0.25) is 0 Å². The Bertz CT molecular complexity index is 819. The first kappa shape index (κ1) is 21.2. The van der Waals surface area contributed by atoms with E-state index in [0.29, 0.717) is 36.1 Å². The van der Waals surface area contributed by atoms with Gasteiger partial charge in [0.05, 0.1) is 13.7 Å². The molecule has 152 valence electrons. The van der Waals surface area contributed by atoms with Gasteiger partial charge >= 0.3 is 12.6 Å². The Kier molecular flexibility index (Phi) is 7.36. The molecule has 0 aliphatic rings. The standard InChI is InChI=1S/C19H23F2N3O4/c1-12-16(17(25)26-4)9-15(27-12)10-23-19(22-2)24(3)11-13-5-7-14(8-6-13)28-18(20)21/h5-9,18H,10-11H2,1-4H3,(H,22,23). The van der Waals surface area contributed by atoms with E-state index in [-0.39, 0.29) is 5.75 Å². The molecule has 7 nitrogen and oxygen atoms in total. The van der Waals surface area contributed by atoms with Crippen LogP contribution in [0.3, 0.4) is 0 Å². The van der Waals surface area contributed by atoms with Crippen LogP contribution < -0.4 is 10.1 Å². The summed E-state index contributed by atoms with van der Waals surface area (Å²) in [5.74, 6) is 1.31. The fourth-order valence-corrected chi connectivity index (χ4v) is 2.62. The van der Waals surface area contributed by atoms with Crippen molar-refractivity contribution in [2.24, 2.45) is 4.99 Å². The molecule has 0 saturated heterocycles. The molecule has 1 heterocycles. The van der Waals surface area contributed by atoms with Crippen LogP contribution in [0.1, 0.15) is 27.4 Å². The lowest BCUT2D eigenvalue weighted by atomic mass is 10.2. The zero-order valence-electron chi connectivity index (χ0n) is 16.2. The number of carbonyl (C=O) groups is 1. The molecule has 0 unspecified atom stereocenters. The summed E-state index contributed by atoms with van der Waals surface area (Å²) in [6.07, 6.45) is 0. The fraction of sp³-hybridized carbons (Fsp3) is 0.368. The van der Waals surface area contributed by atoms with Crippen LogP contribution in [-0.4, -0.2) is 44.6 Å². The molecule has 0 amide bonds. The van der Waals surface area contributed by atoms with Crippen molar-refractivity contribution in [3.63, 3.8) is 0 Å².